The van der Waals surface area contributed by atoms with Gasteiger partial charge in [-0.25, -0.2) is 0 Å². The molecule has 0 heterocycles. The molecule has 2 aliphatic rings. The monoisotopic (exact) mass is 187 g/mol. The minimum atomic E-state index is 0.561. The van der Waals surface area contributed by atoms with E-state index >= 15 is 0 Å². The lowest BCUT2D eigenvalue weighted by Crippen LogP contribution is -2.10. The van der Waals surface area contributed by atoms with Crippen LogP contribution in [0.1, 0.15) is 41.9 Å². The summed E-state index contributed by atoms with van der Waals surface area (Å²) in [6.07, 6.45) is 4.09. The summed E-state index contributed by atoms with van der Waals surface area (Å²) in [5, 5.41) is 0. The van der Waals surface area contributed by atoms with Crippen molar-refractivity contribution >= 4 is 0 Å². The molecule has 14 heavy (non-hydrogen) atoms. The van der Waals surface area contributed by atoms with Crippen molar-refractivity contribution in [2.45, 2.75) is 37.5 Å². The molecule has 1 spiro atoms. The summed E-state index contributed by atoms with van der Waals surface area (Å²) in [6, 6.07) is 6.91. The van der Waals surface area contributed by atoms with Gasteiger partial charge >= 0.3 is 0 Å². The number of hydrogen-bond donors (Lipinski definition) is 1. The summed E-state index contributed by atoms with van der Waals surface area (Å²) in [4.78, 5) is 0. The summed E-state index contributed by atoms with van der Waals surface area (Å²) in [5.74, 6) is 0.632. The predicted octanol–water partition coefficient (Wildman–Crippen LogP) is 2.47. The Kier molecular flexibility index (Phi) is 1.58. The van der Waals surface area contributed by atoms with Gasteiger partial charge in [0.05, 0.1) is 0 Å². The van der Waals surface area contributed by atoms with Gasteiger partial charge in [-0.3, -0.25) is 0 Å². The van der Waals surface area contributed by atoms with Crippen LogP contribution in [0.5, 0.6) is 0 Å². The quantitative estimate of drug-likeness (QED) is 0.718. The van der Waals surface area contributed by atoms with Crippen molar-refractivity contribution in [3.63, 3.8) is 0 Å². The van der Waals surface area contributed by atoms with Crippen LogP contribution in [-0.2, 0) is 5.41 Å². The van der Waals surface area contributed by atoms with E-state index in [4.69, 9.17) is 5.73 Å². The molecule has 1 aromatic rings. The van der Waals surface area contributed by atoms with Gasteiger partial charge in [0.25, 0.3) is 0 Å². The summed E-state index contributed by atoms with van der Waals surface area (Å²) in [7, 11) is 0. The van der Waals surface area contributed by atoms with Crippen molar-refractivity contribution in [1.29, 1.82) is 0 Å². The van der Waals surface area contributed by atoms with Crippen molar-refractivity contribution < 1.29 is 0 Å². The number of aryl methyl sites for hydroxylation is 1. The third-order valence-corrected chi connectivity index (χ3v) is 4.00. The van der Waals surface area contributed by atoms with Crippen molar-refractivity contribution in [2.24, 2.45) is 5.73 Å². The zero-order valence-electron chi connectivity index (χ0n) is 8.72. The van der Waals surface area contributed by atoms with Gasteiger partial charge < -0.3 is 5.73 Å². The van der Waals surface area contributed by atoms with Gasteiger partial charge in [0.1, 0.15) is 0 Å². The fourth-order valence-electron chi connectivity index (χ4n) is 3.01. The first kappa shape index (κ1) is 8.49. The molecule has 74 valence electrons. The molecule has 0 aromatic heterocycles. The molecule has 2 aliphatic carbocycles. The third-order valence-electron chi connectivity index (χ3n) is 4.00. The highest BCUT2D eigenvalue weighted by atomic mass is 14.6. The first-order chi connectivity index (χ1) is 6.75. The Hall–Kier alpha value is -0.820. The fraction of sp³-hybridized carbons (Fsp3) is 0.538. The van der Waals surface area contributed by atoms with Crippen LogP contribution in [0.2, 0.25) is 0 Å². The van der Waals surface area contributed by atoms with E-state index in [9.17, 15) is 0 Å². The molecule has 1 fully saturated rings. The predicted molar refractivity (Wildman–Crippen MR) is 58.5 cm³/mol. The van der Waals surface area contributed by atoms with Crippen molar-refractivity contribution in [1.82, 2.24) is 0 Å². The van der Waals surface area contributed by atoms with Gasteiger partial charge in [0.2, 0.25) is 0 Å². The molecule has 1 saturated carbocycles. The SMILES string of the molecule is Cc1ccc2c(c1)C1(CC1)CC2CN. The molecule has 0 radical (unpaired) electrons. The van der Waals surface area contributed by atoms with Gasteiger partial charge in [0.15, 0.2) is 0 Å². The smallest absolute Gasteiger partial charge is 0.000781 e. The third kappa shape index (κ3) is 0.992. The Labute approximate surface area is 85.3 Å². The molecule has 1 unspecified atom stereocenters. The van der Waals surface area contributed by atoms with E-state index in [2.05, 4.69) is 25.1 Å². The highest BCUT2D eigenvalue weighted by Gasteiger charge is 2.51. The molecule has 1 nitrogen and oxygen atoms in total. The molecule has 0 aliphatic heterocycles. The molecule has 0 bridgehead atoms. The van der Waals surface area contributed by atoms with Crippen LogP contribution in [0, 0.1) is 6.92 Å². The first-order valence-corrected chi connectivity index (χ1v) is 5.56. The Morgan fingerprint density at radius 2 is 2.21 bits per heavy atom. The molecule has 1 aromatic carbocycles. The number of benzene rings is 1. The van der Waals surface area contributed by atoms with Gasteiger partial charge in [-0.05, 0) is 55.2 Å². The van der Waals surface area contributed by atoms with Crippen molar-refractivity contribution in [2.75, 3.05) is 6.54 Å². The normalized spacial score (nSPS) is 26.6. The average molecular weight is 187 g/mol. The molecule has 0 amide bonds. The van der Waals surface area contributed by atoms with Crippen LogP contribution in [0.3, 0.4) is 0 Å². The molecule has 1 heteroatoms. The van der Waals surface area contributed by atoms with Gasteiger partial charge in [-0.15, -0.1) is 0 Å². The molecule has 0 saturated heterocycles. The number of hydrogen-bond acceptors (Lipinski definition) is 1. The van der Waals surface area contributed by atoms with Crippen LogP contribution in [0.15, 0.2) is 18.2 Å². The lowest BCUT2D eigenvalue weighted by molar-refractivity contribution is 0.587. The number of fused-ring (bicyclic) bond motifs is 2. The summed E-state index contributed by atoms with van der Waals surface area (Å²) >= 11 is 0. The number of rotatable bonds is 1. The van der Waals surface area contributed by atoms with E-state index < -0.39 is 0 Å². The molecule has 2 N–H and O–H groups in total. The van der Waals surface area contributed by atoms with Crippen LogP contribution in [-0.4, -0.2) is 6.54 Å². The minimum Gasteiger partial charge on any atom is -0.330 e. The Balaban J connectivity index is 2.14. The van der Waals surface area contributed by atoms with Crippen molar-refractivity contribution in [3.8, 4) is 0 Å². The Morgan fingerprint density at radius 1 is 1.43 bits per heavy atom. The Bertz CT molecular complexity index is 377. The highest BCUT2D eigenvalue weighted by Crippen LogP contribution is 2.60. The molecular weight excluding hydrogens is 170 g/mol. The number of nitrogens with two attached hydrogens (primary N) is 1. The van der Waals surface area contributed by atoms with Crippen LogP contribution < -0.4 is 5.73 Å². The topological polar surface area (TPSA) is 26.0 Å². The van der Waals surface area contributed by atoms with E-state index in [1.165, 1.54) is 30.4 Å². The summed E-state index contributed by atoms with van der Waals surface area (Å²) in [6.45, 7) is 3.00. The maximum Gasteiger partial charge on any atom is -0.000781 e. The standard InChI is InChI=1S/C13H17N/c1-9-2-3-11-10(8-14)7-13(4-5-13)12(11)6-9/h2-3,6,10H,4-5,7-8,14H2,1H3. The van der Waals surface area contributed by atoms with E-state index in [0.717, 1.165) is 6.54 Å². The maximum atomic E-state index is 5.84. The van der Waals surface area contributed by atoms with E-state index in [-0.39, 0.29) is 0 Å². The minimum absolute atomic E-state index is 0.561. The zero-order chi connectivity index (χ0) is 9.76. The molecular formula is C13H17N. The van der Waals surface area contributed by atoms with E-state index in [1.807, 2.05) is 0 Å². The Morgan fingerprint density at radius 3 is 2.86 bits per heavy atom. The second-order valence-corrected chi connectivity index (χ2v) is 5.01. The average Bonchev–Trinajstić information content (AvgIpc) is 2.88. The second kappa shape index (κ2) is 2.60. The van der Waals surface area contributed by atoms with Crippen LogP contribution in [0.25, 0.3) is 0 Å². The summed E-state index contributed by atoms with van der Waals surface area (Å²) < 4.78 is 0. The zero-order valence-corrected chi connectivity index (χ0v) is 8.72. The molecule has 3 rings (SSSR count). The van der Waals surface area contributed by atoms with Gasteiger partial charge in [-0.2, -0.15) is 0 Å². The second-order valence-electron chi connectivity index (χ2n) is 5.01. The molecule has 1 atom stereocenters. The van der Waals surface area contributed by atoms with Crippen LogP contribution >= 0.6 is 0 Å². The van der Waals surface area contributed by atoms with Gasteiger partial charge in [0, 0.05) is 0 Å². The summed E-state index contributed by atoms with van der Waals surface area (Å²) in [5.41, 5.74) is 10.9. The van der Waals surface area contributed by atoms with E-state index in [1.54, 1.807) is 5.56 Å². The van der Waals surface area contributed by atoms with Crippen molar-refractivity contribution in [3.05, 3.63) is 34.9 Å². The largest absolute Gasteiger partial charge is 0.330 e. The first-order valence-electron chi connectivity index (χ1n) is 5.56. The lowest BCUT2D eigenvalue weighted by atomic mass is 9.97. The highest BCUT2D eigenvalue weighted by molar-refractivity contribution is 5.48. The maximum absolute atomic E-state index is 5.84. The van der Waals surface area contributed by atoms with E-state index in [0.29, 0.717) is 11.3 Å². The van der Waals surface area contributed by atoms with Crippen LogP contribution in [0.4, 0.5) is 0 Å². The van der Waals surface area contributed by atoms with Gasteiger partial charge in [-0.1, -0.05) is 23.8 Å². The fourth-order valence-corrected chi connectivity index (χ4v) is 3.01. The lowest BCUT2D eigenvalue weighted by Gasteiger charge is -2.07.